The molecule has 0 aliphatic heterocycles. The van der Waals surface area contributed by atoms with Crippen molar-refractivity contribution in [3.05, 3.63) is 77.7 Å². The Bertz CT molecular complexity index is 894. The van der Waals surface area contributed by atoms with Gasteiger partial charge < -0.3 is 4.74 Å². The molecule has 0 saturated heterocycles. The lowest BCUT2D eigenvalue weighted by atomic mass is 10.1. The van der Waals surface area contributed by atoms with Gasteiger partial charge in [0.25, 0.3) is 0 Å². The van der Waals surface area contributed by atoms with Crippen LogP contribution >= 0.6 is 11.3 Å². The summed E-state index contributed by atoms with van der Waals surface area (Å²) >= 11 is 1.48. The predicted molar refractivity (Wildman–Crippen MR) is 99.3 cm³/mol. The number of ether oxygens (including phenoxy) is 1. The van der Waals surface area contributed by atoms with Crippen LogP contribution in [0.25, 0.3) is 0 Å². The van der Waals surface area contributed by atoms with Crippen LogP contribution in [-0.4, -0.2) is 11.3 Å². The van der Waals surface area contributed by atoms with E-state index in [0.29, 0.717) is 0 Å². The number of hydrogen-bond acceptors (Lipinski definition) is 4. The van der Waals surface area contributed by atoms with Crippen molar-refractivity contribution < 1.29 is 8.95 Å². The third-order valence-electron chi connectivity index (χ3n) is 3.74. The number of rotatable bonds is 5. The molecule has 0 aliphatic carbocycles. The third kappa shape index (κ3) is 3.37. The molecule has 3 rings (SSSR count). The number of benzene rings is 2. The van der Waals surface area contributed by atoms with Crippen molar-refractivity contribution in [1.29, 1.82) is 0 Å². The summed E-state index contributed by atoms with van der Waals surface area (Å²) in [5.41, 5.74) is 1.01. The molecule has 24 heavy (non-hydrogen) atoms. The molecule has 0 radical (unpaired) electrons. The van der Waals surface area contributed by atoms with Crippen LogP contribution in [-0.2, 0) is 9.73 Å². The van der Waals surface area contributed by atoms with E-state index >= 15 is 0 Å². The molecule has 0 spiro atoms. The second-order valence-corrected chi connectivity index (χ2v) is 8.71. The molecule has 1 aromatic heterocycles. The minimum atomic E-state index is -2.65. The van der Waals surface area contributed by atoms with Gasteiger partial charge >= 0.3 is 0 Å². The highest BCUT2D eigenvalue weighted by molar-refractivity contribution is 7.95. The molecule has 0 bridgehead atoms. The Morgan fingerprint density at radius 3 is 2.29 bits per heavy atom. The first-order valence-corrected chi connectivity index (χ1v) is 10.0. The van der Waals surface area contributed by atoms with Gasteiger partial charge in [-0.1, -0.05) is 36.4 Å². The van der Waals surface area contributed by atoms with Gasteiger partial charge in [0.2, 0.25) is 0 Å². The van der Waals surface area contributed by atoms with Crippen molar-refractivity contribution in [3.63, 3.8) is 0 Å². The molecule has 2 unspecified atom stereocenters. The van der Waals surface area contributed by atoms with E-state index in [2.05, 4.69) is 0 Å². The molecule has 0 N–H and O–H groups in total. The molecule has 0 fully saturated rings. The summed E-state index contributed by atoms with van der Waals surface area (Å²) in [5, 5.41) is 1.94. The van der Waals surface area contributed by atoms with Crippen molar-refractivity contribution in [3.8, 4) is 5.75 Å². The number of nitrogens with zero attached hydrogens (tertiary/aromatic N) is 1. The summed E-state index contributed by atoms with van der Waals surface area (Å²) in [4.78, 5) is 0.743. The van der Waals surface area contributed by atoms with Crippen LogP contribution in [0.4, 0.5) is 0 Å². The van der Waals surface area contributed by atoms with Crippen LogP contribution in [0.3, 0.4) is 0 Å². The van der Waals surface area contributed by atoms with Gasteiger partial charge in [0.15, 0.2) is 0 Å². The SMILES string of the molecule is COc1ccc(C(C)N=S(=O)(c2ccccc2)c2cccs2)cc1. The lowest BCUT2D eigenvalue weighted by molar-refractivity contribution is 0.414. The van der Waals surface area contributed by atoms with E-state index in [9.17, 15) is 4.21 Å². The van der Waals surface area contributed by atoms with Gasteiger partial charge in [0.05, 0.1) is 18.0 Å². The molecule has 2 atom stereocenters. The molecule has 5 heteroatoms. The summed E-state index contributed by atoms with van der Waals surface area (Å²) in [6, 6.07) is 20.8. The van der Waals surface area contributed by atoms with E-state index in [-0.39, 0.29) is 6.04 Å². The number of hydrogen-bond donors (Lipinski definition) is 0. The zero-order valence-corrected chi connectivity index (χ0v) is 15.2. The summed E-state index contributed by atoms with van der Waals surface area (Å²) in [7, 11) is -1.01. The van der Waals surface area contributed by atoms with Gasteiger partial charge in [-0.15, -0.1) is 11.3 Å². The molecule has 3 nitrogen and oxygen atoms in total. The van der Waals surface area contributed by atoms with Crippen molar-refractivity contribution in [2.75, 3.05) is 7.11 Å². The minimum absolute atomic E-state index is 0.189. The Balaban J connectivity index is 2.08. The van der Waals surface area contributed by atoms with Gasteiger partial charge in [0, 0.05) is 0 Å². The fourth-order valence-corrected chi connectivity index (χ4v) is 5.79. The highest BCUT2D eigenvalue weighted by Gasteiger charge is 2.19. The molecule has 2 aromatic carbocycles. The van der Waals surface area contributed by atoms with Crippen LogP contribution in [0.2, 0.25) is 0 Å². The average molecular weight is 358 g/mol. The van der Waals surface area contributed by atoms with Crippen LogP contribution in [0.5, 0.6) is 5.75 Å². The average Bonchev–Trinajstić information content (AvgIpc) is 3.18. The standard InChI is InChI=1S/C19H19NO2S2/c1-15(16-10-12-17(22-2)13-11-16)20-24(21,19-9-6-14-23-19)18-7-4-3-5-8-18/h3-15H,1-2H3. The molecule has 1 heterocycles. The van der Waals surface area contributed by atoms with Crippen molar-refractivity contribution in [1.82, 2.24) is 0 Å². The minimum Gasteiger partial charge on any atom is -0.497 e. The first-order valence-electron chi connectivity index (χ1n) is 7.62. The quantitative estimate of drug-likeness (QED) is 0.613. The molecule has 0 saturated carbocycles. The number of thiophene rings is 1. The Kier molecular flexibility index (Phi) is 5.02. The summed E-state index contributed by atoms with van der Waals surface area (Å²) < 4.78 is 24.5. The van der Waals surface area contributed by atoms with Crippen molar-refractivity contribution in [2.24, 2.45) is 4.36 Å². The maximum absolute atomic E-state index is 13.8. The Morgan fingerprint density at radius 2 is 1.71 bits per heavy atom. The Morgan fingerprint density at radius 1 is 1.00 bits per heavy atom. The molecule has 0 amide bonds. The first kappa shape index (κ1) is 16.7. The van der Waals surface area contributed by atoms with Gasteiger partial charge in [-0.3, -0.25) is 0 Å². The lowest BCUT2D eigenvalue weighted by Crippen LogP contribution is -2.03. The molecule has 3 aromatic rings. The fourth-order valence-electron chi connectivity index (χ4n) is 2.42. The van der Waals surface area contributed by atoms with Crippen LogP contribution in [0.1, 0.15) is 18.5 Å². The van der Waals surface area contributed by atoms with Crippen LogP contribution in [0.15, 0.2) is 85.6 Å². The lowest BCUT2D eigenvalue weighted by Gasteiger charge is -2.13. The molecule has 124 valence electrons. The Hall–Kier alpha value is -2.11. The van der Waals surface area contributed by atoms with Crippen molar-refractivity contribution in [2.45, 2.75) is 22.1 Å². The maximum atomic E-state index is 13.8. The monoisotopic (exact) mass is 357 g/mol. The summed E-state index contributed by atoms with van der Waals surface area (Å²) in [6.07, 6.45) is 0. The van der Waals surface area contributed by atoms with E-state index in [1.165, 1.54) is 11.3 Å². The normalized spacial score (nSPS) is 14.6. The second kappa shape index (κ2) is 7.20. The van der Waals surface area contributed by atoms with Gasteiger partial charge in [0.1, 0.15) is 19.7 Å². The van der Waals surface area contributed by atoms with E-state index < -0.39 is 9.73 Å². The maximum Gasteiger partial charge on any atom is 0.118 e. The topological polar surface area (TPSA) is 38.7 Å². The molecular weight excluding hydrogens is 338 g/mol. The van der Waals surface area contributed by atoms with Crippen LogP contribution in [0, 0.1) is 0 Å². The summed E-state index contributed by atoms with van der Waals surface area (Å²) in [6.45, 7) is 1.97. The number of methoxy groups -OCH3 is 1. The fraction of sp³-hybridized carbons (Fsp3) is 0.158. The first-order chi connectivity index (χ1) is 11.6. The van der Waals surface area contributed by atoms with Crippen LogP contribution < -0.4 is 4.74 Å². The molecule has 0 aliphatic rings. The van der Waals surface area contributed by atoms with E-state index in [1.807, 2.05) is 79.0 Å². The van der Waals surface area contributed by atoms with Gasteiger partial charge in [-0.2, -0.15) is 0 Å². The Labute approximate surface area is 147 Å². The van der Waals surface area contributed by atoms with Gasteiger partial charge in [-0.25, -0.2) is 8.57 Å². The van der Waals surface area contributed by atoms with E-state index in [0.717, 1.165) is 20.4 Å². The zero-order chi connectivity index (χ0) is 17.0. The molecular formula is C19H19NO2S2. The summed E-state index contributed by atoms with van der Waals surface area (Å²) in [5.74, 6) is 0.799. The van der Waals surface area contributed by atoms with E-state index in [1.54, 1.807) is 7.11 Å². The second-order valence-electron chi connectivity index (χ2n) is 5.33. The predicted octanol–water partition coefficient (Wildman–Crippen LogP) is 5.40. The largest absolute Gasteiger partial charge is 0.497 e. The van der Waals surface area contributed by atoms with E-state index in [4.69, 9.17) is 9.10 Å². The van der Waals surface area contributed by atoms with Crippen molar-refractivity contribution >= 4 is 21.1 Å². The highest BCUT2D eigenvalue weighted by Crippen LogP contribution is 2.31. The smallest absolute Gasteiger partial charge is 0.118 e. The zero-order valence-electron chi connectivity index (χ0n) is 13.6. The highest BCUT2D eigenvalue weighted by atomic mass is 32.2. The third-order valence-corrected chi connectivity index (χ3v) is 7.57. The van der Waals surface area contributed by atoms with Gasteiger partial charge in [-0.05, 0) is 48.2 Å².